The second-order valence-electron chi connectivity index (χ2n) is 3.21. The minimum atomic E-state index is -0.154. The van der Waals surface area contributed by atoms with E-state index in [1.165, 1.54) is 0 Å². The molecule has 3 N–H and O–H groups in total. The first kappa shape index (κ1) is 11.0. The van der Waals surface area contributed by atoms with Gasteiger partial charge in [-0.3, -0.25) is 5.84 Å². The zero-order chi connectivity index (χ0) is 10.4. The van der Waals surface area contributed by atoms with E-state index < -0.39 is 0 Å². The van der Waals surface area contributed by atoms with E-state index in [9.17, 15) is 0 Å². The predicted octanol–water partition coefficient (Wildman–Crippen LogP) is 0.406. The first-order chi connectivity index (χ1) is 6.74. The highest BCUT2D eigenvalue weighted by molar-refractivity contribution is 4.95. The lowest BCUT2D eigenvalue weighted by Crippen LogP contribution is -2.33. The molecule has 0 aliphatic rings. The summed E-state index contributed by atoms with van der Waals surface area (Å²) >= 11 is 0. The van der Waals surface area contributed by atoms with Crippen LogP contribution in [-0.4, -0.2) is 22.7 Å². The fourth-order valence-corrected chi connectivity index (χ4v) is 0.976. The first-order valence-electron chi connectivity index (χ1n) is 4.58. The lowest BCUT2D eigenvalue weighted by molar-refractivity contribution is 0.0595. The summed E-state index contributed by atoms with van der Waals surface area (Å²) in [7, 11) is 0. The molecule has 0 aromatic carbocycles. The van der Waals surface area contributed by atoms with Crippen molar-refractivity contribution in [2.24, 2.45) is 5.84 Å². The lowest BCUT2D eigenvalue weighted by Gasteiger charge is -2.15. The Kier molecular flexibility index (Phi) is 4.45. The second-order valence-corrected chi connectivity index (χ2v) is 3.21. The van der Waals surface area contributed by atoms with Crippen molar-refractivity contribution in [3.63, 3.8) is 0 Å². The summed E-state index contributed by atoms with van der Waals surface area (Å²) in [6.07, 6.45) is 3.54. The van der Waals surface area contributed by atoms with Gasteiger partial charge in [0.1, 0.15) is 11.9 Å². The molecule has 0 aliphatic carbocycles. The van der Waals surface area contributed by atoms with Crippen molar-refractivity contribution in [1.82, 2.24) is 15.4 Å². The maximum atomic E-state index is 5.43. The van der Waals surface area contributed by atoms with Crippen molar-refractivity contribution in [3.05, 3.63) is 24.3 Å². The number of nitrogens with one attached hydrogen (secondary N) is 1. The molecular weight excluding hydrogens is 180 g/mol. The number of aromatic nitrogens is 2. The van der Waals surface area contributed by atoms with Crippen LogP contribution in [0.3, 0.4) is 0 Å². The van der Waals surface area contributed by atoms with E-state index in [4.69, 9.17) is 10.6 Å². The monoisotopic (exact) mass is 196 g/mol. The summed E-state index contributed by atoms with van der Waals surface area (Å²) in [6, 6.07) is 1.61. The van der Waals surface area contributed by atoms with Gasteiger partial charge in [-0.2, -0.15) is 0 Å². The third-order valence-corrected chi connectivity index (χ3v) is 1.69. The molecule has 1 aromatic heterocycles. The molecule has 1 atom stereocenters. The molecule has 0 saturated heterocycles. The fourth-order valence-electron chi connectivity index (χ4n) is 0.976. The van der Waals surface area contributed by atoms with E-state index in [2.05, 4.69) is 15.4 Å². The summed E-state index contributed by atoms with van der Waals surface area (Å²) in [5.41, 5.74) is 2.62. The van der Waals surface area contributed by atoms with Crippen LogP contribution in [0.15, 0.2) is 18.5 Å². The molecule has 1 heterocycles. The first-order valence-corrected chi connectivity index (χ1v) is 4.58. The Bertz CT molecular complexity index is 252. The molecule has 0 fully saturated rings. The summed E-state index contributed by atoms with van der Waals surface area (Å²) < 4.78 is 5.43. The topological polar surface area (TPSA) is 73.1 Å². The molecule has 5 heteroatoms. The van der Waals surface area contributed by atoms with Gasteiger partial charge < -0.3 is 4.74 Å². The van der Waals surface area contributed by atoms with Crippen LogP contribution in [0.25, 0.3) is 0 Å². The summed E-state index contributed by atoms with van der Waals surface area (Å²) in [4.78, 5) is 8.19. The Morgan fingerprint density at radius 2 is 2.07 bits per heavy atom. The van der Waals surface area contributed by atoms with E-state index >= 15 is 0 Å². The highest BCUT2D eigenvalue weighted by Gasteiger charge is 2.12. The average Bonchev–Trinajstić information content (AvgIpc) is 2.20. The molecule has 1 unspecified atom stereocenters. The molecule has 0 aliphatic heterocycles. The van der Waals surface area contributed by atoms with Gasteiger partial charge in [-0.25, -0.2) is 15.4 Å². The molecular formula is C9H16N4O. The van der Waals surface area contributed by atoms with Crippen LogP contribution >= 0.6 is 0 Å². The molecule has 0 spiro atoms. The number of ether oxygens (including phenoxy) is 1. The molecule has 14 heavy (non-hydrogen) atoms. The molecule has 78 valence electrons. The van der Waals surface area contributed by atoms with Crippen LogP contribution in [0.2, 0.25) is 0 Å². The number of nitrogens with two attached hydrogens (primary N) is 1. The van der Waals surface area contributed by atoms with Gasteiger partial charge in [-0.1, -0.05) is 0 Å². The Hall–Kier alpha value is -1.04. The highest BCUT2D eigenvalue weighted by atomic mass is 16.5. The van der Waals surface area contributed by atoms with Gasteiger partial charge in [0.2, 0.25) is 0 Å². The number of nitrogens with zero attached hydrogens (tertiary/aromatic N) is 2. The largest absolute Gasteiger partial charge is 0.377 e. The minimum Gasteiger partial charge on any atom is -0.377 e. The molecule has 0 bridgehead atoms. The maximum absolute atomic E-state index is 5.43. The van der Waals surface area contributed by atoms with Crippen molar-refractivity contribution in [1.29, 1.82) is 0 Å². The quantitative estimate of drug-likeness (QED) is 0.527. The molecule has 0 radical (unpaired) electrons. The third-order valence-electron chi connectivity index (χ3n) is 1.69. The van der Waals surface area contributed by atoms with E-state index in [1.54, 1.807) is 18.5 Å². The number of hydrogen-bond donors (Lipinski definition) is 2. The molecule has 0 amide bonds. The standard InChI is InChI=1S/C9H16N4O/c1-7(2)14-6-8(13-10)9-11-4-3-5-12-9/h3-5,7-8,13H,6,10H2,1-2H3. The van der Waals surface area contributed by atoms with Crippen molar-refractivity contribution in [3.8, 4) is 0 Å². The zero-order valence-corrected chi connectivity index (χ0v) is 8.47. The van der Waals surface area contributed by atoms with E-state index in [1.807, 2.05) is 13.8 Å². The second kappa shape index (κ2) is 5.64. The van der Waals surface area contributed by atoms with Gasteiger partial charge in [-0.15, -0.1) is 0 Å². The van der Waals surface area contributed by atoms with E-state index in [0.717, 1.165) is 0 Å². The fraction of sp³-hybridized carbons (Fsp3) is 0.556. The van der Waals surface area contributed by atoms with E-state index in [-0.39, 0.29) is 12.1 Å². The van der Waals surface area contributed by atoms with Gasteiger partial charge in [-0.05, 0) is 19.9 Å². The smallest absolute Gasteiger partial charge is 0.148 e. The van der Waals surface area contributed by atoms with Crippen molar-refractivity contribution >= 4 is 0 Å². The summed E-state index contributed by atoms with van der Waals surface area (Å²) in [5.74, 6) is 6.03. The third kappa shape index (κ3) is 3.37. The van der Waals surface area contributed by atoms with Gasteiger partial charge in [0, 0.05) is 12.4 Å². The zero-order valence-electron chi connectivity index (χ0n) is 8.47. The molecule has 0 saturated carbocycles. The van der Waals surface area contributed by atoms with Gasteiger partial charge >= 0.3 is 0 Å². The normalized spacial score (nSPS) is 13.1. The van der Waals surface area contributed by atoms with E-state index in [0.29, 0.717) is 12.4 Å². The number of hydrogen-bond acceptors (Lipinski definition) is 5. The van der Waals surface area contributed by atoms with Gasteiger partial charge in [0.15, 0.2) is 0 Å². The molecule has 1 aromatic rings. The lowest BCUT2D eigenvalue weighted by atomic mass is 10.3. The maximum Gasteiger partial charge on any atom is 0.148 e. The molecule has 5 nitrogen and oxygen atoms in total. The predicted molar refractivity (Wildman–Crippen MR) is 53.2 cm³/mol. The van der Waals surface area contributed by atoms with Crippen LogP contribution < -0.4 is 11.3 Å². The SMILES string of the molecule is CC(C)OCC(NN)c1ncccn1. The average molecular weight is 196 g/mol. The van der Waals surface area contributed by atoms with Crippen molar-refractivity contribution < 1.29 is 4.74 Å². The van der Waals surface area contributed by atoms with Crippen molar-refractivity contribution in [2.75, 3.05) is 6.61 Å². The number of rotatable bonds is 5. The Morgan fingerprint density at radius 3 is 2.57 bits per heavy atom. The van der Waals surface area contributed by atoms with Crippen LogP contribution in [0.4, 0.5) is 0 Å². The molecule has 1 rings (SSSR count). The van der Waals surface area contributed by atoms with Crippen LogP contribution in [-0.2, 0) is 4.74 Å². The van der Waals surface area contributed by atoms with Crippen molar-refractivity contribution in [2.45, 2.75) is 26.0 Å². The Labute approximate surface area is 83.7 Å². The van der Waals surface area contributed by atoms with Gasteiger partial charge in [0.25, 0.3) is 0 Å². The van der Waals surface area contributed by atoms with Crippen LogP contribution in [0.1, 0.15) is 25.7 Å². The Morgan fingerprint density at radius 1 is 1.43 bits per heavy atom. The van der Waals surface area contributed by atoms with Gasteiger partial charge in [0.05, 0.1) is 12.7 Å². The highest BCUT2D eigenvalue weighted by Crippen LogP contribution is 2.06. The summed E-state index contributed by atoms with van der Waals surface area (Å²) in [5, 5.41) is 0. The van der Waals surface area contributed by atoms with Crippen LogP contribution in [0, 0.1) is 0 Å². The minimum absolute atomic E-state index is 0.154. The number of hydrazine groups is 1. The van der Waals surface area contributed by atoms with Crippen LogP contribution in [0.5, 0.6) is 0 Å². The Balaban J connectivity index is 2.54. The summed E-state index contributed by atoms with van der Waals surface area (Å²) in [6.45, 7) is 4.41.